The van der Waals surface area contributed by atoms with Crippen molar-refractivity contribution >= 4 is 23.4 Å². The zero-order valence-corrected chi connectivity index (χ0v) is 12.4. The van der Waals surface area contributed by atoms with Crippen molar-refractivity contribution in [2.45, 2.75) is 25.5 Å². The van der Waals surface area contributed by atoms with Crippen molar-refractivity contribution in [3.63, 3.8) is 0 Å². The third-order valence-corrected chi connectivity index (χ3v) is 3.61. The van der Waals surface area contributed by atoms with Crippen LogP contribution in [0, 0.1) is 6.92 Å². The molecule has 0 aliphatic carbocycles. The van der Waals surface area contributed by atoms with E-state index in [4.69, 9.17) is 26.6 Å². The number of hydrogen-bond donors (Lipinski definition) is 1. The Morgan fingerprint density at radius 1 is 1.43 bits per heavy atom. The molecule has 1 saturated heterocycles. The minimum absolute atomic E-state index is 0.0390. The van der Waals surface area contributed by atoms with Gasteiger partial charge in [0.25, 0.3) is 0 Å². The lowest BCUT2D eigenvalue weighted by Gasteiger charge is -2.22. The molecule has 2 atom stereocenters. The monoisotopic (exact) mass is 310 g/mol. The van der Waals surface area contributed by atoms with Gasteiger partial charge in [0, 0.05) is 26.1 Å². The van der Waals surface area contributed by atoms with Crippen LogP contribution in [0.15, 0.2) is 10.6 Å². The standard InChI is InChI=1S/C12H15ClN6O2/c1-6-15-11(21-18-6)8-3-7(20-2)5-19(8)10-4-9(13)16-12(14)17-10/h4,7-8H,3,5H2,1-2H3,(H2,14,16,17). The molecule has 21 heavy (non-hydrogen) atoms. The molecule has 0 aromatic carbocycles. The Morgan fingerprint density at radius 2 is 2.24 bits per heavy atom. The summed E-state index contributed by atoms with van der Waals surface area (Å²) < 4.78 is 10.7. The summed E-state index contributed by atoms with van der Waals surface area (Å²) in [5.41, 5.74) is 5.67. The molecular formula is C12H15ClN6O2. The first-order valence-corrected chi connectivity index (χ1v) is 6.84. The second-order valence-electron chi connectivity index (χ2n) is 4.85. The normalized spacial score (nSPS) is 22.0. The molecule has 0 spiro atoms. The molecule has 1 fully saturated rings. The van der Waals surface area contributed by atoms with Gasteiger partial charge in [-0.2, -0.15) is 9.97 Å². The van der Waals surface area contributed by atoms with E-state index in [0.717, 1.165) is 6.42 Å². The van der Waals surface area contributed by atoms with Gasteiger partial charge in [0.05, 0.1) is 6.10 Å². The van der Waals surface area contributed by atoms with Crippen molar-refractivity contribution in [3.8, 4) is 0 Å². The number of nitrogens with two attached hydrogens (primary N) is 1. The molecule has 3 heterocycles. The molecule has 1 aliphatic rings. The predicted molar refractivity (Wildman–Crippen MR) is 76.0 cm³/mol. The Balaban J connectivity index is 1.97. The van der Waals surface area contributed by atoms with Gasteiger partial charge in [-0.1, -0.05) is 16.8 Å². The Morgan fingerprint density at radius 3 is 2.86 bits per heavy atom. The largest absolute Gasteiger partial charge is 0.380 e. The maximum Gasteiger partial charge on any atom is 0.249 e. The number of nitrogens with zero attached hydrogens (tertiary/aromatic N) is 5. The molecule has 0 bridgehead atoms. The first-order chi connectivity index (χ1) is 10.1. The highest BCUT2D eigenvalue weighted by Crippen LogP contribution is 2.36. The molecule has 9 heteroatoms. The average Bonchev–Trinajstić information content (AvgIpc) is 3.03. The van der Waals surface area contributed by atoms with Crippen molar-refractivity contribution in [1.29, 1.82) is 0 Å². The molecule has 1 aliphatic heterocycles. The molecule has 0 amide bonds. The van der Waals surface area contributed by atoms with Gasteiger partial charge in [-0.25, -0.2) is 4.98 Å². The van der Waals surface area contributed by atoms with Gasteiger partial charge in [-0.3, -0.25) is 0 Å². The number of rotatable bonds is 3. The van der Waals surface area contributed by atoms with Crippen LogP contribution in [0.5, 0.6) is 0 Å². The number of hydrogen-bond acceptors (Lipinski definition) is 8. The van der Waals surface area contributed by atoms with E-state index in [9.17, 15) is 0 Å². The smallest absolute Gasteiger partial charge is 0.249 e. The second-order valence-corrected chi connectivity index (χ2v) is 5.24. The van der Waals surface area contributed by atoms with Gasteiger partial charge < -0.3 is 19.9 Å². The van der Waals surface area contributed by atoms with Crippen LogP contribution in [0.2, 0.25) is 5.15 Å². The van der Waals surface area contributed by atoms with Gasteiger partial charge in [-0.15, -0.1) is 0 Å². The summed E-state index contributed by atoms with van der Waals surface area (Å²) in [7, 11) is 1.67. The van der Waals surface area contributed by atoms with Crippen molar-refractivity contribution in [3.05, 3.63) is 22.9 Å². The van der Waals surface area contributed by atoms with E-state index in [1.807, 2.05) is 4.90 Å². The lowest BCUT2D eigenvalue weighted by molar-refractivity contribution is 0.117. The van der Waals surface area contributed by atoms with E-state index in [0.29, 0.717) is 29.2 Å². The van der Waals surface area contributed by atoms with E-state index in [2.05, 4.69) is 20.1 Å². The Kier molecular flexibility index (Phi) is 3.64. The van der Waals surface area contributed by atoms with Gasteiger partial charge in [-0.05, 0) is 6.92 Å². The molecule has 2 N–H and O–H groups in total. The Hall–Kier alpha value is -1.93. The summed E-state index contributed by atoms with van der Waals surface area (Å²) in [6.07, 6.45) is 0.761. The van der Waals surface area contributed by atoms with Crippen LogP contribution in [-0.2, 0) is 4.74 Å². The van der Waals surface area contributed by atoms with Crippen molar-refractivity contribution < 1.29 is 9.26 Å². The fraction of sp³-hybridized carbons (Fsp3) is 0.500. The molecule has 8 nitrogen and oxygen atoms in total. The molecule has 2 aromatic rings. The summed E-state index contributed by atoms with van der Waals surface area (Å²) in [4.78, 5) is 14.4. The van der Waals surface area contributed by atoms with Crippen LogP contribution in [0.4, 0.5) is 11.8 Å². The van der Waals surface area contributed by atoms with E-state index in [-0.39, 0.29) is 18.1 Å². The number of nitrogen functional groups attached to an aromatic ring is 1. The molecule has 2 unspecified atom stereocenters. The van der Waals surface area contributed by atoms with Crippen molar-refractivity contribution in [2.24, 2.45) is 0 Å². The maximum atomic E-state index is 5.96. The molecule has 112 valence electrons. The Bertz CT molecular complexity index is 628. The number of halogens is 1. The number of anilines is 2. The minimum atomic E-state index is -0.124. The lowest BCUT2D eigenvalue weighted by Crippen LogP contribution is -2.26. The summed E-state index contributed by atoms with van der Waals surface area (Å²) >= 11 is 5.96. The van der Waals surface area contributed by atoms with Gasteiger partial charge in [0.1, 0.15) is 17.0 Å². The summed E-state index contributed by atoms with van der Waals surface area (Å²) in [5.74, 6) is 1.86. The quantitative estimate of drug-likeness (QED) is 0.848. The molecule has 0 saturated carbocycles. The first-order valence-electron chi connectivity index (χ1n) is 6.46. The maximum absolute atomic E-state index is 5.96. The topological polar surface area (TPSA) is 103 Å². The van der Waals surface area contributed by atoms with E-state index >= 15 is 0 Å². The fourth-order valence-corrected chi connectivity index (χ4v) is 2.66. The van der Waals surface area contributed by atoms with Crippen molar-refractivity contribution in [1.82, 2.24) is 20.1 Å². The van der Waals surface area contributed by atoms with Crippen LogP contribution < -0.4 is 10.6 Å². The van der Waals surface area contributed by atoms with Crippen LogP contribution in [0.25, 0.3) is 0 Å². The van der Waals surface area contributed by atoms with Crippen molar-refractivity contribution in [2.75, 3.05) is 24.3 Å². The van der Waals surface area contributed by atoms with Gasteiger partial charge in [0.2, 0.25) is 11.8 Å². The second kappa shape index (κ2) is 5.45. The average molecular weight is 311 g/mol. The van der Waals surface area contributed by atoms with Crippen LogP contribution in [0.3, 0.4) is 0 Å². The number of aromatic nitrogens is 4. The zero-order chi connectivity index (χ0) is 15.0. The van der Waals surface area contributed by atoms with E-state index in [1.54, 1.807) is 20.1 Å². The number of aryl methyl sites for hydroxylation is 1. The van der Waals surface area contributed by atoms with Crippen LogP contribution in [-0.4, -0.2) is 39.9 Å². The van der Waals surface area contributed by atoms with Crippen LogP contribution >= 0.6 is 11.6 Å². The lowest BCUT2D eigenvalue weighted by atomic mass is 10.2. The van der Waals surface area contributed by atoms with Crippen LogP contribution in [0.1, 0.15) is 24.2 Å². The molecule has 3 rings (SSSR count). The highest BCUT2D eigenvalue weighted by molar-refractivity contribution is 6.29. The zero-order valence-electron chi connectivity index (χ0n) is 11.7. The summed E-state index contributed by atoms with van der Waals surface area (Å²) in [6.45, 7) is 2.41. The molecular weight excluding hydrogens is 296 g/mol. The first kappa shape index (κ1) is 14.0. The van der Waals surface area contributed by atoms with Gasteiger partial charge in [0.15, 0.2) is 5.82 Å². The summed E-state index contributed by atoms with van der Waals surface area (Å²) in [6, 6.07) is 1.54. The highest BCUT2D eigenvalue weighted by atomic mass is 35.5. The SMILES string of the molecule is COC1CC(c2nc(C)no2)N(c2cc(Cl)nc(N)n2)C1. The minimum Gasteiger partial charge on any atom is -0.380 e. The predicted octanol–water partition coefficient (Wildman–Crippen LogP) is 1.37. The molecule has 0 radical (unpaired) electrons. The van der Waals surface area contributed by atoms with E-state index < -0.39 is 0 Å². The third-order valence-electron chi connectivity index (χ3n) is 3.42. The third kappa shape index (κ3) is 2.77. The number of methoxy groups -OCH3 is 1. The van der Waals surface area contributed by atoms with E-state index in [1.165, 1.54) is 0 Å². The number of ether oxygens (including phenoxy) is 1. The Labute approximate surface area is 126 Å². The summed E-state index contributed by atoms with van der Waals surface area (Å²) in [5, 5.41) is 4.13. The highest BCUT2D eigenvalue weighted by Gasteiger charge is 2.37. The molecule has 2 aromatic heterocycles. The van der Waals surface area contributed by atoms with Gasteiger partial charge >= 0.3 is 0 Å². The fourth-order valence-electron chi connectivity index (χ4n) is 2.47.